The van der Waals surface area contributed by atoms with Gasteiger partial charge in [0.2, 0.25) is 11.8 Å². The number of amides is 2. The van der Waals surface area contributed by atoms with Gasteiger partial charge in [0.15, 0.2) is 0 Å². The van der Waals surface area contributed by atoms with E-state index in [0.29, 0.717) is 22.9 Å². The smallest absolute Gasteiger partial charge is 0.229 e. The van der Waals surface area contributed by atoms with E-state index in [1.807, 2.05) is 6.07 Å². The third-order valence-corrected chi connectivity index (χ3v) is 3.72. The van der Waals surface area contributed by atoms with Crippen LogP contribution in [0.15, 0.2) is 36.7 Å². The molecule has 2 amide bonds. The van der Waals surface area contributed by atoms with Crippen LogP contribution >= 0.6 is 11.6 Å². The van der Waals surface area contributed by atoms with E-state index in [4.69, 9.17) is 11.6 Å². The van der Waals surface area contributed by atoms with Crippen LogP contribution in [0.3, 0.4) is 0 Å². The molecular weight excluding hydrogens is 292 g/mol. The first-order valence-corrected chi connectivity index (χ1v) is 6.87. The number of H-pyrrole nitrogens is 1. The molecule has 2 heterocycles. The quantitative estimate of drug-likeness (QED) is 0.911. The number of carbonyl (C=O) groups excluding carboxylic acids is 2. The van der Waals surface area contributed by atoms with Crippen molar-refractivity contribution < 1.29 is 9.59 Å². The first-order chi connectivity index (χ1) is 10.1. The van der Waals surface area contributed by atoms with Crippen molar-refractivity contribution in [2.24, 2.45) is 5.92 Å². The van der Waals surface area contributed by atoms with E-state index in [2.05, 4.69) is 15.5 Å². The second-order valence-corrected chi connectivity index (χ2v) is 5.24. The number of aromatic nitrogens is 2. The summed E-state index contributed by atoms with van der Waals surface area (Å²) < 4.78 is 0. The summed E-state index contributed by atoms with van der Waals surface area (Å²) in [6.45, 7) is 0.326. The molecule has 2 N–H and O–H groups in total. The van der Waals surface area contributed by atoms with Crippen LogP contribution in [0.2, 0.25) is 5.02 Å². The molecule has 1 aliphatic heterocycles. The van der Waals surface area contributed by atoms with Gasteiger partial charge < -0.3 is 10.2 Å². The molecule has 0 saturated carbocycles. The standard InChI is InChI=1S/C14H13ClN4O2/c15-11-3-1-2-4-12(11)19-8-9(5-13(19)20)14(21)18-10-6-16-17-7-10/h1-4,6-7,9H,5,8H2,(H,16,17)(H,18,21)/t9-/m1/s1. The monoisotopic (exact) mass is 304 g/mol. The molecule has 0 aliphatic carbocycles. The Kier molecular flexibility index (Phi) is 3.62. The molecule has 0 bridgehead atoms. The minimum absolute atomic E-state index is 0.101. The predicted octanol–water partition coefficient (Wildman–Crippen LogP) is 2.05. The van der Waals surface area contributed by atoms with Crippen LogP contribution in [0.1, 0.15) is 6.42 Å². The molecule has 1 aliphatic rings. The number of hydrogen-bond acceptors (Lipinski definition) is 3. The van der Waals surface area contributed by atoms with Crippen LogP contribution < -0.4 is 10.2 Å². The first-order valence-electron chi connectivity index (χ1n) is 6.49. The van der Waals surface area contributed by atoms with Gasteiger partial charge >= 0.3 is 0 Å². The van der Waals surface area contributed by atoms with Gasteiger partial charge in [-0.3, -0.25) is 14.7 Å². The van der Waals surface area contributed by atoms with Crippen LogP contribution in [-0.2, 0) is 9.59 Å². The maximum absolute atomic E-state index is 12.2. The van der Waals surface area contributed by atoms with Crippen molar-refractivity contribution in [3.63, 3.8) is 0 Å². The lowest BCUT2D eigenvalue weighted by Crippen LogP contribution is -2.28. The van der Waals surface area contributed by atoms with Crippen LogP contribution in [0.5, 0.6) is 0 Å². The molecule has 2 aromatic rings. The number of benzene rings is 1. The molecule has 3 rings (SSSR count). The van der Waals surface area contributed by atoms with E-state index < -0.39 is 5.92 Å². The molecule has 1 aromatic carbocycles. The molecule has 1 fully saturated rings. The highest BCUT2D eigenvalue weighted by Gasteiger charge is 2.35. The zero-order valence-corrected chi connectivity index (χ0v) is 11.8. The highest BCUT2D eigenvalue weighted by Crippen LogP contribution is 2.31. The molecule has 21 heavy (non-hydrogen) atoms. The minimum Gasteiger partial charge on any atom is -0.323 e. The van der Waals surface area contributed by atoms with Crippen LogP contribution in [0.4, 0.5) is 11.4 Å². The lowest BCUT2D eigenvalue weighted by atomic mass is 10.1. The summed E-state index contributed by atoms with van der Waals surface area (Å²) in [6, 6.07) is 7.11. The summed E-state index contributed by atoms with van der Waals surface area (Å²) in [4.78, 5) is 25.8. The van der Waals surface area contributed by atoms with Gasteiger partial charge in [0, 0.05) is 19.2 Å². The van der Waals surface area contributed by atoms with Crippen molar-refractivity contribution in [2.75, 3.05) is 16.8 Å². The van der Waals surface area contributed by atoms with E-state index in [9.17, 15) is 9.59 Å². The fourth-order valence-electron chi connectivity index (χ4n) is 2.35. The topological polar surface area (TPSA) is 78.1 Å². The van der Waals surface area contributed by atoms with Gasteiger partial charge in [0.25, 0.3) is 0 Å². The molecule has 1 atom stereocenters. The van der Waals surface area contributed by atoms with Gasteiger partial charge in [-0.2, -0.15) is 5.10 Å². The third kappa shape index (κ3) is 2.75. The third-order valence-electron chi connectivity index (χ3n) is 3.40. The summed E-state index contributed by atoms with van der Waals surface area (Å²) in [7, 11) is 0. The Bertz CT molecular complexity index is 671. The van der Waals surface area contributed by atoms with Gasteiger partial charge in [-0.25, -0.2) is 0 Å². The second-order valence-electron chi connectivity index (χ2n) is 4.83. The molecule has 7 heteroatoms. The van der Waals surface area contributed by atoms with Crippen molar-refractivity contribution in [2.45, 2.75) is 6.42 Å². The maximum atomic E-state index is 12.2. The Morgan fingerprint density at radius 1 is 1.43 bits per heavy atom. The predicted molar refractivity (Wildman–Crippen MR) is 79.1 cm³/mol. The van der Waals surface area contributed by atoms with Crippen molar-refractivity contribution >= 4 is 34.8 Å². The number of carbonyl (C=O) groups is 2. The first kappa shape index (κ1) is 13.6. The molecule has 108 valence electrons. The average Bonchev–Trinajstić information content (AvgIpc) is 3.09. The lowest BCUT2D eigenvalue weighted by Gasteiger charge is -2.17. The highest BCUT2D eigenvalue weighted by molar-refractivity contribution is 6.33. The van der Waals surface area contributed by atoms with E-state index >= 15 is 0 Å². The van der Waals surface area contributed by atoms with Gasteiger partial charge in [-0.15, -0.1) is 0 Å². The number of nitrogens with zero attached hydrogens (tertiary/aromatic N) is 2. The molecular formula is C14H13ClN4O2. The van der Waals surface area contributed by atoms with Crippen molar-refractivity contribution in [3.05, 3.63) is 41.7 Å². The summed E-state index contributed by atoms with van der Waals surface area (Å²) in [5.74, 6) is -0.696. The van der Waals surface area contributed by atoms with Gasteiger partial charge in [0.1, 0.15) is 0 Å². The Morgan fingerprint density at radius 2 is 2.24 bits per heavy atom. The van der Waals surface area contributed by atoms with Crippen molar-refractivity contribution in [1.29, 1.82) is 0 Å². The maximum Gasteiger partial charge on any atom is 0.229 e. The second kappa shape index (κ2) is 5.57. The Hall–Kier alpha value is -2.34. The largest absolute Gasteiger partial charge is 0.323 e. The van der Waals surface area contributed by atoms with E-state index in [-0.39, 0.29) is 18.2 Å². The summed E-state index contributed by atoms with van der Waals surface area (Å²) in [5.41, 5.74) is 1.23. The molecule has 6 nitrogen and oxygen atoms in total. The molecule has 0 radical (unpaired) electrons. The summed E-state index contributed by atoms with van der Waals surface area (Å²) in [5, 5.41) is 9.60. The number of rotatable bonds is 3. The number of anilines is 2. The van der Waals surface area contributed by atoms with Gasteiger partial charge in [-0.05, 0) is 12.1 Å². The van der Waals surface area contributed by atoms with E-state index in [1.165, 1.54) is 6.20 Å². The van der Waals surface area contributed by atoms with Crippen molar-refractivity contribution in [3.8, 4) is 0 Å². The van der Waals surface area contributed by atoms with Crippen molar-refractivity contribution in [1.82, 2.24) is 10.2 Å². The molecule has 1 aromatic heterocycles. The van der Waals surface area contributed by atoms with Gasteiger partial charge in [0.05, 0.1) is 28.5 Å². The number of hydrogen-bond donors (Lipinski definition) is 2. The zero-order chi connectivity index (χ0) is 14.8. The molecule has 1 saturated heterocycles. The van der Waals surface area contributed by atoms with Crippen LogP contribution in [-0.4, -0.2) is 28.6 Å². The Balaban J connectivity index is 1.73. The van der Waals surface area contributed by atoms with Crippen LogP contribution in [0, 0.1) is 5.92 Å². The fourth-order valence-corrected chi connectivity index (χ4v) is 2.59. The summed E-state index contributed by atoms with van der Waals surface area (Å²) >= 11 is 6.11. The van der Waals surface area contributed by atoms with E-state index in [1.54, 1.807) is 29.3 Å². The van der Waals surface area contributed by atoms with Crippen LogP contribution in [0.25, 0.3) is 0 Å². The molecule has 0 spiro atoms. The number of halogens is 1. The average molecular weight is 305 g/mol. The SMILES string of the molecule is O=C(Nc1cn[nH]c1)[C@@H]1CC(=O)N(c2ccccc2Cl)C1. The van der Waals surface area contributed by atoms with E-state index in [0.717, 1.165) is 0 Å². The Labute approximate surface area is 126 Å². The zero-order valence-electron chi connectivity index (χ0n) is 11.0. The normalized spacial score (nSPS) is 18.0. The summed E-state index contributed by atoms with van der Waals surface area (Å²) in [6.07, 6.45) is 3.27. The fraction of sp³-hybridized carbons (Fsp3) is 0.214. The number of para-hydroxylation sites is 1. The highest BCUT2D eigenvalue weighted by atomic mass is 35.5. The lowest BCUT2D eigenvalue weighted by molar-refractivity contribution is -0.122. The number of aromatic amines is 1. The minimum atomic E-state index is -0.399. The van der Waals surface area contributed by atoms with Gasteiger partial charge in [-0.1, -0.05) is 23.7 Å². The molecule has 0 unspecified atom stereocenters. The Morgan fingerprint density at radius 3 is 2.95 bits per heavy atom. The number of nitrogens with one attached hydrogen (secondary N) is 2.